The Hall–Kier alpha value is -1.98. The third-order valence-corrected chi connectivity index (χ3v) is 4.01. The van der Waals surface area contributed by atoms with Gasteiger partial charge in [-0.25, -0.2) is 0 Å². The Balaban J connectivity index is 2.21. The van der Waals surface area contributed by atoms with Crippen molar-refractivity contribution in [1.82, 2.24) is 4.90 Å². The molecule has 1 fully saturated rings. The van der Waals surface area contributed by atoms with Crippen molar-refractivity contribution >= 4 is 11.6 Å². The Labute approximate surface area is 122 Å². The Morgan fingerprint density at radius 2 is 2.05 bits per heavy atom. The summed E-state index contributed by atoms with van der Waals surface area (Å²) in [6.45, 7) is 2.45. The van der Waals surface area contributed by atoms with E-state index in [-0.39, 0.29) is 17.5 Å². The summed E-state index contributed by atoms with van der Waals surface area (Å²) in [4.78, 5) is 24.1. The highest BCUT2D eigenvalue weighted by Crippen LogP contribution is 2.25. The average molecular weight is 294 g/mol. The van der Waals surface area contributed by atoms with Gasteiger partial charge in [0.2, 0.25) is 5.82 Å². The quantitative estimate of drug-likeness (QED) is 0.630. The maximum absolute atomic E-state index is 13.7. The molecule has 1 aromatic rings. The summed E-state index contributed by atoms with van der Waals surface area (Å²) in [6, 6.07) is 3.53. The van der Waals surface area contributed by atoms with E-state index in [9.17, 15) is 19.3 Å². The minimum Gasteiger partial charge on any atom is -0.336 e. The van der Waals surface area contributed by atoms with Crippen LogP contribution in [0.3, 0.4) is 0 Å². The van der Waals surface area contributed by atoms with Crippen molar-refractivity contribution in [2.75, 3.05) is 6.54 Å². The van der Waals surface area contributed by atoms with Crippen molar-refractivity contribution in [3.05, 3.63) is 39.7 Å². The molecule has 0 N–H and O–H groups in total. The molecule has 1 saturated carbocycles. The number of nitro groups is 1. The van der Waals surface area contributed by atoms with Crippen LogP contribution in [0.5, 0.6) is 0 Å². The molecule has 2 rings (SSSR count). The average Bonchev–Trinajstić information content (AvgIpc) is 2.48. The van der Waals surface area contributed by atoms with E-state index in [1.165, 1.54) is 12.5 Å². The molecule has 1 aromatic carbocycles. The first-order chi connectivity index (χ1) is 10.0. The van der Waals surface area contributed by atoms with Gasteiger partial charge < -0.3 is 4.90 Å². The molecular weight excluding hydrogens is 275 g/mol. The summed E-state index contributed by atoms with van der Waals surface area (Å²) in [5.41, 5.74) is -0.433. The van der Waals surface area contributed by atoms with Gasteiger partial charge in [0, 0.05) is 24.2 Å². The molecule has 0 spiro atoms. The molecule has 0 saturated heterocycles. The largest absolute Gasteiger partial charge is 0.336 e. The molecule has 1 aliphatic carbocycles. The lowest BCUT2D eigenvalue weighted by Crippen LogP contribution is -2.41. The molecule has 0 atom stereocenters. The third kappa shape index (κ3) is 3.37. The summed E-state index contributed by atoms with van der Waals surface area (Å²) in [5, 5.41) is 10.6. The highest BCUT2D eigenvalue weighted by molar-refractivity contribution is 5.94. The molecule has 1 amide bonds. The Morgan fingerprint density at radius 3 is 2.57 bits per heavy atom. The first kappa shape index (κ1) is 15.4. The second kappa shape index (κ2) is 6.65. The second-order valence-electron chi connectivity index (χ2n) is 5.31. The molecule has 0 aromatic heterocycles. The molecule has 0 radical (unpaired) electrons. The van der Waals surface area contributed by atoms with Gasteiger partial charge in [-0.1, -0.05) is 19.3 Å². The Morgan fingerprint density at radius 1 is 1.38 bits per heavy atom. The highest BCUT2D eigenvalue weighted by atomic mass is 19.1. The molecule has 0 aliphatic heterocycles. The van der Waals surface area contributed by atoms with Gasteiger partial charge in [-0.15, -0.1) is 0 Å². The van der Waals surface area contributed by atoms with E-state index in [1.54, 1.807) is 4.90 Å². The topological polar surface area (TPSA) is 63.5 Å². The van der Waals surface area contributed by atoms with Crippen molar-refractivity contribution in [2.24, 2.45) is 0 Å². The first-order valence-corrected chi connectivity index (χ1v) is 7.29. The van der Waals surface area contributed by atoms with Crippen LogP contribution in [-0.4, -0.2) is 28.3 Å². The van der Waals surface area contributed by atoms with E-state index in [2.05, 4.69) is 0 Å². The van der Waals surface area contributed by atoms with E-state index >= 15 is 0 Å². The van der Waals surface area contributed by atoms with Gasteiger partial charge in [0.1, 0.15) is 0 Å². The molecule has 6 heteroatoms. The summed E-state index contributed by atoms with van der Waals surface area (Å²) >= 11 is 0. The van der Waals surface area contributed by atoms with Gasteiger partial charge in [-0.2, -0.15) is 4.39 Å². The molecule has 0 bridgehead atoms. The minimum atomic E-state index is -0.967. The van der Waals surface area contributed by atoms with E-state index in [0.29, 0.717) is 6.54 Å². The second-order valence-corrected chi connectivity index (χ2v) is 5.31. The molecule has 5 nitrogen and oxygen atoms in total. The number of carbonyl (C=O) groups excluding carboxylic acids is 1. The highest BCUT2D eigenvalue weighted by Gasteiger charge is 2.26. The van der Waals surface area contributed by atoms with Crippen LogP contribution < -0.4 is 0 Å². The SMILES string of the molecule is CCN(C(=O)c1ccc([N+](=O)[O-])c(F)c1)C1CCCCC1. The van der Waals surface area contributed by atoms with E-state index in [0.717, 1.165) is 37.8 Å². The van der Waals surface area contributed by atoms with E-state index in [4.69, 9.17) is 0 Å². The van der Waals surface area contributed by atoms with Crippen LogP contribution in [-0.2, 0) is 0 Å². The van der Waals surface area contributed by atoms with E-state index < -0.39 is 16.4 Å². The van der Waals surface area contributed by atoms with Crippen LogP contribution in [0.1, 0.15) is 49.4 Å². The number of halogens is 1. The van der Waals surface area contributed by atoms with Gasteiger partial charge in [0.05, 0.1) is 4.92 Å². The molecule has 0 heterocycles. The number of amides is 1. The van der Waals surface area contributed by atoms with Crippen LogP contribution in [0.15, 0.2) is 18.2 Å². The summed E-state index contributed by atoms with van der Waals surface area (Å²) in [7, 11) is 0. The van der Waals surface area contributed by atoms with Crippen molar-refractivity contribution in [2.45, 2.75) is 45.1 Å². The fourth-order valence-electron chi connectivity index (χ4n) is 2.91. The number of benzene rings is 1. The van der Waals surface area contributed by atoms with Crippen molar-refractivity contribution < 1.29 is 14.1 Å². The zero-order valence-electron chi connectivity index (χ0n) is 12.0. The number of nitro benzene ring substituents is 1. The Kier molecular flexibility index (Phi) is 4.88. The molecule has 21 heavy (non-hydrogen) atoms. The normalized spacial score (nSPS) is 15.7. The van der Waals surface area contributed by atoms with Crippen LogP contribution in [0, 0.1) is 15.9 Å². The minimum absolute atomic E-state index is 0.172. The first-order valence-electron chi connectivity index (χ1n) is 7.29. The van der Waals surface area contributed by atoms with Crippen LogP contribution >= 0.6 is 0 Å². The van der Waals surface area contributed by atoms with Crippen LogP contribution in [0.2, 0.25) is 0 Å². The molecule has 1 aliphatic rings. The van der Waals surface area contributed by atoms with Crippen LogP contribution in [0.4, 0.5) is 10.1 Å². The summed E-state index contributed by atoms with van der Waals surface area (Å²) in [5.74, 6) is -1.22. The number of nitrogens with zero attached hydrogens (tertiary/aromatic N) is 2. The summed E-state index contributed by atoms with van der Waals surface area (Å²) in [6.07, 6.45) is 5.32. The Bertz CT molecular complexity index is 542. The van der Waals surface area contributed by atoms with Crippen molar-refractivity contribution in [1.29, 1.82) is 0 Å². The van der Waals surface area contributed by atoms with Gasteiger partial charge in [-0.3, -0.25) is 14.9 Å². The number of rotatable bonds is 4. The predicted octanol–water partition coefficient (Wildman–Crippen LogP) is 3.53. The fraction of sp³-hybridized carbons (Fsp3) is 0.533. The third-order valence-electron chi connectivity index (χ3n) is 4.01. The maximum atomic E-state index is 13.7. The zero-order chi connectivity index (χ0) is 15.4. The smallest absolute Gasteiger partial charge is 0.304 e. The molecule has 114 valence electrons. The predicted molar refractivity (Wildman–Crippen MR) is 76.6 cm³/mol. The zero-order valence-corrected chi connectivity index (χ0v) is 12.0. The van der Waals surface area contributed by atoms with Crippen molar-refractivity contribution in [3.8, 4) is 0 Å². The number of carbonyl (C=O) groups is 1. The monoisotopic (exact) mass is 294 g/mol. The molecule has 0 unspecified atom stereocenters. The lowest BCUT2D eigenvalue weighted by Gasteiger charge is -2.33. The number of hydrogen-bond donors (Lipinski definition) is 0. The number of hydrogen-bond acceptors (Lipinski definition) is 3. The maximum Gasteiger partial charge on any atom is 0.304 e. The van der Waals surface area contributed by atoms with E-state index in [1.807, 2.05) is 6.92 Å². The molecular formula is C15H19FN2O3. The van der Waals surface area contributed by atoms with Gasteiger partial charge in [0.25, 0.3) is 5.91 Å². The van der Waals surface area contributed by atoms with Gasteiger partial charge in [-0.05, 0) is 31.9 Å². The summed E-state index contributed by atoms with van der Waals surface area (Å²) < 4.78 is 13.7. The fourth-order valence-corrected chi connectivity index (χ4v) is 2.91. The lowest BCUT2D eigenvalue weighted by atomic mass is 9.93. The van der Waals surface area contributed by atoms with Crippen LogP contribution in [0.25, 0.3) is 0 Å². The van der Waals surface area contributed by atoms with Gasteiger partial charge in [0.15, 0.2) is 0 Å². The standard InChI is InChI=1S/C15H19FN2O3/c1-2-17(12-6-4-3-5-7-12)15(19)11-8-9-14(18(20)21)13(16)10-11/h8-10,12H,2-7H2,1H3. The lowest BCUT2D eigenvalue weighted by molar-refractivity contribution is -0.387. The van der Waals surface area contributed by atoms with Gasteiger partial charge >= 0.3 is 5.69 Å². The van der Waals surface area contributed by atoms with Crippen molar-refractivity contribution in [3.63, 3.8) is 0 Å².